The Morgan fingerprint density at radius 3 is 2.68 bits per heavy atom. The summed E-state index contributed by atoms with van der Waals surface area (Å²) in [6, 6.07) is 1.94. The minimum atomic E-state index is -0.0344. The fourth-order valence-electron chi connectivity index (χ4n) is 2.98. The highest BCUT2D eigenvalue weighted by molar-refractivity contribution is 5.96. The maximum Gasteiger partial charge on any atom is 0.259 e. The van der Waals surface area contributed by atoms with E-state index in [-0.39, 0.29) is 17.9 Å². The van der Waals surface area contributed by atoms with E-state index in [9.17, 15) is 4.79 Å². The molecule has 118 valence electrons. The summed E-state index contributed by atoms with van der Waals surface area (Å²) in [7, 11) is 0. The fourth-order valence-corrected chi connectivity index (χ4v) is 2.98. The molecule has 1 fully saturated rings. The molecule has 6 nitrogen and oxygen atoms in total. The fraction of sp³-hybridized carbons (Fsp3) is 0.562. The molecule has 0 bridgehead atoms. The molecule has 2 aromatic heterocycles. The zero-order valence-electron chi connectivity index (χ0n) is 13.4. The van der Waals surface area contributed by atoms with Crippen LogP contribution in [0.2, 0.25) is 0 Å². The van der Waals surface area contributed by atoms with Crippen molar-refractivity contribution in [1.29, 1.82) is 0 Å². The van der Waals surface area contributed by atoms with Crippen LogP contribution in [0.5, 0.6) is 0 Å². The van der Waals surface area contributed by atoms with Gasteiger partial charge in [0.05, 0.1) is 11.7 Å². The molecule has 6 heteroatoms. The van der Waals surface area contributed by atoms with Gasteiger partial charge in [-0.2, -0.15) is 0 Å². The Kier molecular flexibility index (Phi) is 3.76. The molecule has 0 saturated carbocycles. The standard InChI is InChI=1S/C16H21N3O3/c1-9(2)14-8-12(18-22-14)13-6-5-7-19(13)16(20)15-10(3)17-21-11(15)4/h8-9,13H,5-7H2,1-4H3. The van der Waals surface area contributed by atoms with Gasteiger partial charge in [-0.25, -0.2) is 0 Å². The lowest BCUT2D eigenvalue weighted by Gasteiger charge is -2.22. The van der Waals surface area contributed by atoms with Crippen molar-refractivity contribution < 1.29 is 13.8 Å². The van der Waals surface area contributed by atoms with E-state index < -0.39 is 0 Å². The Morgan fingerprint density at radius 1 is 1.32 bits per heavy atom. The first-order valence-electron chi connectivity index (χ1n) is 7.69. The number of aromatic nitrogens is 2. The molecule has 1 unspecified atom stereocenters. The molecule has 3 rings (SSSR count). The summed E-state index contributed by atoms with van der Waals surface area (Å²) in [4.78, 5) is 14.7. The summed E-state index contributed by atoms with van der Waals surface area (Å²) >= 11 is 0. The molecular formula is C16H21N3O3. The van der Waals surface area contributed by atoms with Crippen LogP contribution in [0, 0.1) is 13.8 Å². The molecule has 1 aliphatic heterocycles. The minimum Gasteiger partial charge on any atom is -0.361 e. The van der Waals surface area contributed by atoms with Crippen molar-refractivity contribution in [2.75, 3.05) is 6.54 Å². The molecule has 1 atom stereocenters. The Hall–Kier alpha value is -2.11. The number of rotatable bonds is 3. The summed E-state index contributed by atoms with van der Waals surface area (Å²) in [5.74, 6) is 1.67. The van der Waals surface area contributed by atoms with Gasteiger partial charge in [-0.05, 0) is 26.7 Å². The highest BCUT2D eigenvalue weighted by Gasteiger charge is 2.35. The maximum absolute atomic E-state index is 12.8. The number of carbonyl (C=O) groups excluding carboxylic acids is 1. The topological polar surface area (TPSA) is 72.4 Å². The first kappa shape index (κ1) is 14.8. The number of carbonyl (C=O) groups is 1. The number of hydrogen-bond donors (Lipinski definition) is 0. The van der Waals surface area contributed by atoms with Crippen LogP contribution >= 0.6 is 0 Å². The van der Waals surface area contributed by atoms with E-state index in [1.54, 1.807) is 13.8 Å². The molecule has 22 heavy (non-hydrogen) atoms. The largest absolute Gasteiger partial charge is 0.361 e. The normalized spacial score (nSPS) is 18.4. The molecule has 3 heterocycles. The Labute approximate surface area is 129 Å². The van der Waals surface area contributed by atoms with E-state index in [0.717, 1.165) is 30.8 Å². The van der Waals surface area contributed by atoms with Crippen molar-refractivity contribution in [2.24, 2.45) is 0 Å². The van der Waals surface area contributed by atoms with Crippen LogP contribution in [0.3, 0.4) is 0 Å². The van der Waals surface area contributed by atoms with Crippen LogP contribution in [0.1, 0.15) is 71.9 Å². The maximum atomic E-state index is 12.8. The van der Waals surface area contributed by atoms with E-state index in [1.165, 1.54) is 0 Å². The van der Waals surface area contributed by atoms with Gasteiger partial charge in [-0.1, -0.05) is 24.2 Å². The van der Waals surface area contributed by atoms with Gasteiger partial charge in [0.2, 0.25) is 0 Å². The van der Waals surface area contributed by atoms with Crippen LogP contribution in [-0.4, -0.2) is 27.7 Å². The first-order chi connectivity index (χ1) is 10.5. The Bertz CT molecular complexity index is 667. The second kappa shape index (κ2) is 5.59. The Balaban J connectivity index is 1.88. The van der Waals surface area contributed by atoms with Gasteiger partial charge < -0.3 is 13.9 Å². The van der Waals surface area contributed by atoms with E-state index >= 15 is 0 Å². The highest BCUT2D eigenvalue weighted by atomic mass is 16.5. The molecule has 2 aromatic rings. The first-order valence-corrected chi connectivity index (χ1v) is 7.69. The van der Waals surface area contributed by atoms with Crippen LogP contribution in [0.15, 0.2) is 15.1 Å². The average molecular weight is 303 g/mol. The number of likely N-dealkylation sites (tertiary alicyclic amines) is 1. The highest BCUT2D eigenvalue weighted by Crippen LogP contribution is 2.34. The molecule has 0 spiro atoms. The van der Waals surface area contributed by atoms with Crippen LogP contribution in [-0.2, 0) is 0 Å². The molecule has 0 radical (unpaired) electrons. The molecule has 1 amide bonds. The third kappa shape index (κ3) is 2.42. The van der Waals surface area contributed by atoms with Gasteiger partial charge in [0.25, 0.3) is 5.91 Å². The zero-order chi connectivity index (χ0) is 15.9. The number of nitrogens with zero attached hydrogens (tertiary/aromatic N) is 3. The van der Waals surface area contributed by atoms with E-state index in [4.69, 9.17) is 9.05 Å². The van der Waals surface area contributed by atoms with Crippen molar-refractivity contribution >= 4 is 5.91 Å². The van der Waals surface area contributed by atoms with Crippen LogP contribution < -0.4 is 0 Å². The predicted octanol–water partition coefficient (Wildman–Crippen LogP) is 3.38. The van der Waals surface area contributed by atoms with E-state index in [2.05, 4.69) is 24.2 Å². The molecule has 0 N–H and O–H groups in total. The van der Waals surface area contributed by atoms with Crippen molar-refractivity contribution in [3.05, 3.63) is 34.5 Å². The average Bonchev–Trinajstić information content (AvgIpc) is 3.17. The van der Waals surface area contributed by atoms with Crippen molar-refractivity contribution in [3.8, 4) is 0 Å². The second-order valence-electron chi connectivity index (χ2n) is 6.16. The third-order valence-corrected chi connectivity index (χ3v) is 4.22. The van der Waals surface area contributed by atoms with Crippen molar-refractivity contribution in [3.63, 3.8) is 0 Å². The van der Waals surface area contributed by atoms with Crippen LogP contribution in [0.4, 0.5) is 0 Å². The predicted molar refractivity (Wildman–Crippen MR) is 79.6 cm³/mol. The second-order valence-corrected chi connectivity index (χ2v) is 6.16. The molecule has 1 saturated heterocycles. The van der Waals surface area contributed by atoms with Crippen molar-refractivity contribution in [2.45, 2.75) is 52.5 Å². The SMILES string of the molecule is Cc1noc(C)c1C(=O)N1CCCC1c1cc(C(C)C)on1. The summed E-state index contributed by atoms with van der Waals surface area (Å²) in [6.07, 6.45) is 1.86. The number of hydrogen-bond acceptors (Lipinski definition) is 5. The number of aryl methyl sites for hydroxylation is 2. The molecular weight excluding hydrogens is 282 g/mol. The van der Waals surface area contributed by atoms with Gasteiger partial charge in [0.1, 0.15) is 22.8 Å². The van der Waals surface area contributed by atoms with Gasteiger partial charge in [0.15, 0.2) is 0 Å². The summed E-state index contributed by atoms with van der Waals surface area (Å²) < 4.78 is 10.5. The van der Waals surface area contributed by atoms with Gasteiger partial charge >= 0.3 is 0 Å². The zero-order valence-corrected chi connectivity index (χ0v) is 13.4. The van der Waals surface area contributed by atoms with Gasteiger partial charge in [-0.15, -0.1) is 0 Å². The smallest absolute Gasteiger partial charge is 0.259 e. The summed E-state index contributed by atoms with van der Waals surface area (Å²) in [6.45, 7) is 8.40. The lowest BCUT2D eigenvalue weighted by Crippen LogP contribution is -2.31. The van der Waals surface area contributed by atoms with Crippen molar-refractivity contribution in [1.82, 2.24) is 15.2 Å². The van der Waals surface area contributed by atoms with E-state index in [1.807, 2.05) is 11.0 Å². The lowest BCUT2D eigenvalue weighted by atomic mass is 10.1. The molecule has 0 aliphatic carbocycles. The van der Waals surface area contributed by atoms with Gasteiger partial charge in [-0.3, -0.25) is 4.79 Å². The number of amides is 1. The van der Waals surface area contributed by atoms with Gasteiger partial charge in [0, 0.05) is 18.5 Å². The van der Waals surface area contributed by atoms with E-state index in [0.29, 0.717) is 17.0 Å². The minimum absolute atomic E-state index is 0.0301. The Morgan fingerprint density at radius 2 is 2.09 bits per heavy atom. The summed E-state index contributed by atoms with van der Waals surface area (Å²) in [5.41, 5.74) is 2.04. The molecule has 0 aromatic carbocycles. The van der Waals surface area contributed by atoms with Crippen LogP contribution in [0.25, 0.3) is 0 Å². The lowest BCUT2D eigenvalue weighted by molar-refractivity contribution is 0.0728. The monoisotopic (exact) mass is 303 g/mol. The third-order valence-electron chi connectivity index (χ3n) is 4.22. The molecule has 1 aliphatic rings. The summed E-state index contributed by atoms with van der Waals surface area (Å²) in [5, 5.41) is 8.05. The quantitative estimate of drug-likeness (QED) is 0.869.